The van der Waals surface area contributed by atoms with Gasteiger partial charge in [0.05, 0.1) is 7.11 Å². The number of hydrogen-bond donors (Lipinski definition) is 1. The summed E-state index contributed by atoms with van der Waals surface area (Å²) < 4.78 is 5.29. The van der Waals surface area contributed by atoms with E-state index >= 15 is 0 Å². The Hall–Kier alpha value is -1.52. The highest BCUT2D eigenvalue weighted by molar-refractivity contribution is 7.09. The number of anilines is 1. The van der Waals surface area contributed by atoms with Crippen LogP contribution in [0.2, 0.25) is 0 Å². The summed E-state index contributed by atoms with van der Waals surface area (Å²) in [6.45, 7) is 1.52. The van der Waals surface area contributed by atoms with Crippen molar-refractivity contribution in [1.29, 1.82) is 0 Å². The minimum atomic E-state index is 0.544. The molecule has 3 nitrogen and oxygen atoms in total. The fourth-order valence-electron chi connectivity index (χ4n) is 2.05. The fourth-order valence-corrected chi connectivity index (χ4v) is 2.75. The molecule has 4 heteroatoms. The third kappa shape index (κ3) is 3.49. The van der Waals surface area contributed by atoms with Crippen LogP contribution in [0.4, 0.5) is 5.69 Å². The monoisotopic (exact) mass is 276 g/mol. The van der Waals surface area contributed by atoms with Crippen LogP contribution in [0.15, 0.2) is 35.7 Å². The zero-order chi connectivity index (χ0) is 13.7. The Bertz CT molecular complexity index is 511. The van der Waals surface area contributed by atoms with Crippen LogP contribution in [-0.4, -0.2) is 20.7 Å². The van der Waals surface area contributed by atoms with Crippen molar-refractivity contribution in [2.75, 3.05) is 25.6 Å². The number of rotatable bonds is 6. The van der Waals surface area contributed by atoms with Gasteiger partial charge in [-0.25, -0.2) is 0 Å². The second-order valence-electron chi connectivity index (χ2n) is 4.45. The van der Waals surface area contributed by atoms with Crippen molar-refractivity contribution < 1.29 is 4.74 Å². The zero-order valence-corrected chi connectivity index (χ0v) is 12.2. The van der Waals surface area contributed by atoms with Gasteiger partial charge in [-0.1, -0.05) is 12.1 Å². The largest absolute Gasteiger partial charge is 0.497 e. The number of nitrogens with zero attached hydrogens (tertiary/aromatic N) is 1. The van der Waals surface area contributed by atoms with E-state index in [1.165, 1.54) is 4.88 Å². The Balaban J connectivity index is 2.10. The first kappa shape index (κ1) is 13.9. The summed E-state index contributed by atoms with van der Waals surface area (Å²) in [5, 5.41) is 2.12. The van der Waals surface area contributed by atoms with Crippen LogP contribution in [0.25, 0.3) is 0 Å². The second-order valence-corrected chi connectivity index (χ2v) is 5.48. The van der Waals surface area contributed by atoms with E-state index in [2.05, 4.69) is 35.5 Å². The Kier molecular flexibility index (Phi) is 4.82. The molecule has 19 heavy (non-hydrogen) atoms. The molecular formula is C15H20N2OS. The van der Waals surface area contributed by atoms with E-state index < -0.39 is 0 Å². The molecule has 0 amide bonds. The SMILES string of the molecule is COc1ccc(CN)c(N(C)CCc2cccs2)c1. The minimum Gasteiger partial charge on any atom is -0.497 e. The molecule has 1 aromatic heterocycles. The first-order valence-electron chi connectivity index (χ1n) is 6.35. The van der Waals surface area contributed by atoms with E-state index in [0.29, 0.717) is 6.54 Å². The van der Waals surface area contributed by atoms with Crippen molar-refractivity contribution in [1.82, 2.24) is 0 Å². The van der Waals surface area contributed by atoms with Crippen LogP contribution in [0, 0.1) is 0 Å². The molecule has 2 N–H and O–H groups in total. The molecule has 0 bridgehead atoms. The molecule has 0 aliphatic carbocycles. The molecule has 1 heterocycles. The molecular weight excluding hydrogens is 256 g/mol. The highest BCUT2D eigenvalue weighted by Gasteiger charge is 2.08. The summed E-state index contributed by atoms with van der Waals surface area (Å²) in [5.74, 6) is 0.871. The number of thiophene rings is 1. The third-order valence-corrected chi connectivity index (χ3v) is 4.13. The number of ether oxygens (including phenoxy) is 1. The lowest BCUT2D eigenvalue weighted by Crippen LogP contribution is -2.22. The van der Waals surface area contributed by atoms with E-state index in [9.17, 15) is 0 Å². The van der Waals surface area contributed by atoms with Crippen molar-refractivity contribution in [3.63, 3.8) is 0 Å². The summed E-state index contributed by atoms with van der Waals surface area (Å²) in [5.41, 5.74) is 8.10. The molecule has 0 radical (unpaired) electrons. The third-order valence-electron chi connectivity index (χ3n) is 3.20. The molecule has 0 spiro atoms. The van der Waals surface area contributed by atoms with E-state index in [1.807, 2.05) is 12.1 Å². The Labute approximate surface area is 118 Å². The lowest BCUT2D eigenvalue weighted by Gasteiger charge is -2.22. The lowest BCUT2D eigenvalue weighted by molar-refractivity contribution is 0.414. The fraction of sp³-hybridized carbons (Fsp3) is 0.333. The maximum atomic E-state index is 5.81. The predicted molar refractivity (Wildman–Crippen MR) is 82.2 cm³/mol. The van der Waals surface area contributed by atoms with Crippen molar-refractivity contribution in [2.45, 2.75) is 13.0 Å². The molecule has 0 fully saturated rings. The second kappa shape index (κ2) is 6.59. The van der Waals surface area contributed by atoms with E-state index in [1.54, 1.807) is 18.4 Å². The van der Waals surface area contributed by atoms with Crippen LogP contribution >= 0.6 is 11.3 Å². The summed E-state index contributed by atoms with van der Waals surface area (Å²) in [4.78, 5) is 3.65. The molecule has 0 saturated carbocycles. The van der Waals surface area contributed by atoms with Crippen LogP contribution in [0.3, 0.4) is 0 Å². The molecule has 1 aromatic carbocycles. The van der Waals surface area contributed by atoms with Crippen LogP contribution in [0.1, 0.15) is 10.4 Å². The van der Waals surface area contributed by atoms with Gasteiger partial charge in [0.2, 0.25) is 0 Å². The predicted octanol–water partition coefficient (Wildman–Crippen LogP) is 2.89. The lowest BCUT2D eigenvalue weighted by atomic mass is 10.1. The normalized spacial score (nSPS) is 10.5. The highest BCUT2D eigenvalue weighted by atomic mass is 32.1. The Morgan fingerprint density at radius 1 is 1.32 bits per heavy atom. The molecule has 102 valence electrons. The van der Waals surface area contributed by atoms with Gasteiger partial charge in [0.1, 0.15) is 5.75 Å². The maximum absolute atomic E-state index is 5.81. The molecule has 0 unspecified atom stereocenters. The first-order valence-corrected chi connectivity index (χ1v) is 7.23. The van der Waals surface area contributed by atoms with Gasteiger partial charge in [0.25, 0.3) is 0 Å². The molecule has 0 atom stereocenters. The van der Waals surface area contributed by atoms with Crippen molar-refractivity contribution in [3.8, 4) is 5.75 Å². The summed E-state index contributed by atoms with van der Waals surface area (Å²) in [6, 6.07) is 10.3. The zero-order valence-electron chi connectivity index (χ0n) is 11.4. The average Bonchev–Trinajstić information content (AvgIpc) is 2.97. The molecule has 0 aliphatic rings. The van der Waals surface area contributed by atoms with Gasteiger partial charge in [-0.15, -0.1) is 11.3 Å². The van der Waals surface area contributed by atoms with Crippen LogP contribution in [0.5, 0.6) is 5.75 Å². The van der Waals surface area contributed by atoms with Crippen molar-refractivity contribution >= 4 is 17.0 Å². The van der Waals surface area contributed by atoms with Crippen LogP contribution < -0.4 is 15.4 Å². The Morgan fingerprint density at radius 3 is 2.79 bits per heavy atom. The van der Waals surface area contributed by atoms with Gasteiger partial charge < -0.3 is 15.4 Å². The molecule has 0 saturated heterocycles. The molecule has 2 rings (SSSR count). The van der Waals surface area contributed by atoms with Gasteiger partial charge in [0, 0.05) is 36.8 Å². The summed E-state index contributed by atoms with van der Waals surface area (Å²) in [7, 11) is 3.79. The van der Waals surface area contributed by atoms with Gasteiger partial charge >= 0.3 is 0 Å². The minimum absolute atomic E-state index is 0.544. The molecule has 2 aromatic rings. The molecule has 0 aliphatic heterocycles. The topological polar surface area (TPSA) is 38.5 Å². The van der Waals surface area contributed by atoms with Gasteiger partial charge in [0.15, 0.2) is 0 Å². The van der Waals surface area contributed by atoms with Crippen LogP contribution in [-0.2, 0) is 13.0 Å². The van der Waals surface area contributed by atoms with Gasteiger partial charge in [-0.2, -0.15) is 0 Å². The highest BCUT2D eigenvalue weighted by Crippen LogP contribution is 2.25. The van der Waals surface area contributed by atoms with E-state index in [-0.39, 0.29) is 0 Å². The number of benzene rings is 1. The average molecular weight is 276 g/mol. The van der Waals surface area contributed by atoms with Gasteiger partial charge in [-0.05, 0) is 29.5 Å². The maximum Gasteiger partial charge on any atom is 0.120 e. The number of nitrogens with two attached hydrogens (primary N) is 1. The smallest absolute Gasteiger partial charge is 0.120 e. The number of likely N-dealkylation sites (N-methyl/N-ethyl adjacent to an activating group) is 1. The van der Waals surface area contributed by atoms with Crippen molar-refractivity contribution in [2.24, 2.45) is 5.73 Å². The van der Waals surface area contributed by atoms with E-state index in [4.69, 9.17) is 10.5 Å². The Morgan fingerprint density at radius 2 is 2.16 bits per heavy atom. The number of hydrogen-bond acceptors (Lipinski definition) is 4. The standard InChI is InChI=1S/C15H20N2OS/c1-17(8-7-14-4-3-9-19-14)15-10-13(18-2)6-5-12(15)11-16/h3-6,9-10H,7-8,11,16H2,1-2H3. The quantitative estimate of drug-likeness (QED) is 0.881. The summed E-state index contributed by atoms with van der Waals surface area (Å²) >= 11 is 1.80. The van der Waals surface area contributed by atoms with E-state index in [0.717, 1.165) is 30.0 Å². The number of methoxy groups -OCH3 is 1. The summed E-state index contributed by atoms with van der Waals surface area (Å²) in [6.07, 6.45) is 1.05. The van der Waals surface area contributed by atoms with Gasteiger partial charge in [-0.3, -0.25) is 0 Å². The first-order chi connectivity index (χ1) is 9.24. The van der Waals surface area contributed by atoms with Crippen molar-refractivity contribution in [3.05, 3.63) is 46.2 Å².